The number of nitrogens with zero attached hydrogens (tertiary/aromatic N) is 1. The maximum Gasteiger partial charge on any atom is 0.0308 e. The Labute approximate surface area is 106 Å². The largest absolute Gasteiger partial charge is 0.310 e. The molecule has 3 fully saturated rings. The minimum atomic E-state index is 0.510. The van der Waals surface area contributed by atoms with Gasteiger partial charge in [0.1, 0.15) is 0 Å². The predicted molar refractivity (Wildman–Crippen MR) is 72.2 cm³/mol. The predicted octanol–water partition coefficient (Wildman–Crippen LogP) is 2.78. The zero-order chi connectivity index (χ0) is 11.6. The lowest BCUT2D eigenvalue weighted by Crippen LogP contribution is -2.49. The van der Waals surface area contributed by atoms with Crippen molar-refractivity contribution in [2.75, 3.05) is 26.2 Å². The summed E-state index contributed by atoms with van der Waals surface area (Å²) in [7, 11) is 0. The topological polar surface area (TPSA) is 15.3 Å². The molecule has 2 saturated carbocycles. The monoisotopic (exact) mass is 236 g/mol. The Hall–Kier alpha value is -0.0800. The maximum absolute atomic E-state index is 3.86. The molecule has 0 bridgehead atoms. The average Bonchev–Trinajstić information content (AvgIpc) is 2.60. The highest BCUT2D eigenvalue weighted by atomic mass is 15.2. The highest BCUT2D eigenvalue weighted by molar-refractivity contribution is 4.96. The summed E-state index contributed by atoms with van der Waals surface area (Å²) >= 11 is 0. The quantitative estimate of drug-likeness (QED) is 0.810. The summed E-state index contributed by atoms with van der Waals surface area (Å²) < 4.78 is 0. The SMILES string of the molecule is C1CC(CCN2CCCNC3(CCCC3)C2)C1. The van der Waals surface area contributed by atoms with Crippen molar-refractivity contribution in [2.24, 2.45) is 5.92 Å². The van der Waals surface area contributed by atoms with Crippen LogP contribution in [0.15, 0.2) is 0 Å². The van der Waals surface area contributed by atoms with E-state index >= 15 is 0 Å². The van der Waals surface area contributed by atoms with Crippen LogP contribution in [0.3, 0.4) is 0 Å². The molecular formula is C15H28N2. The number of hydrogen-bond donors (Lipinski definition) is 1. The van der Waals surface area contributed by atoms with Crippen LogP contribution >= 0.6 is 0 Å². The Morgan fingerprint density at radius 2 is 1.88 bits per heavy atom. The second kappa shape index (κ2) is 5.27. The third-order valence-electron chi connectivity index (χ3n) is 5.32. The first-order chi connectivity index (χ1) is 8.36. The second-order valence-electron chi connectivity index (χ2n) is 6.63. The van der Waals surface area contributed by atoms with Crippen molar-refractivity contribution in [1.82, 2.24) is 10.2 Å². The van der Waals surface area contributed by atoms with Crippen LogP contribution in [0, 0.1) is 5.92 Å². The van der Waals surface area contributed by atoms with Crippen LogP contribution in [0.4, 0.5) is 0 Å². The van der Waals surface area contributed by atoms with Gasteiger partial charge in [0.15, 0.2) is 0 Å². The van der Waals surface area contributed by atoms with Gasteiger partial charge in [0.25, 0.3) is 0 Å². The van der Waals surface area contributed by atoms with E-state index < -0.39 is 0 Å². The molecule has 1 spiro atoms. The molecule has 1 heterocycles. The molecule has 1 N–H and O–H groups in total. The van der Waals surface area contributed by atoms with Crippen LogP contribution in [0.2, 0.25) is 0 Å². The van der Waals surface area contributed by atoms with E-state index in [1.807, 2.05) is 0 Å². The molecular weight excluding hydrogens is 208 g/mol. The molecule has 0 unspecified atom stereocenters. The van der Waals surface area contributed by atoms with Crippen LogP contribution in [0.1, 0.15) is 57.8 Å². The summed E-state index contributed by atoms with van der Waals surface area (Å²) in [6, 6.07) is 0. The maximum atomic E-state index is 3.86. The van der Waals surface area contributed by atoms with Crippen LogP contribution in [0.25, 0.3) is 0 Å². The summed E-state index contributed by atoms with van der Waals surface area (Å²) in [4.78, 5) is 2.77. The molecule has 1 saturated heterocycles. The van der Waals surface area contributed by atoms with E-state index in [9.17, 15) is 0 Å². The molecule has 17 heavy (non-hydrogen) atoms. The zero-order valence-electron chi connectivity index (χ0n) is 11.2. The molecule has 0 aromatic rings. The Morgan fingerprint density at radius 1 is 1.06 bits per heavy atom. The molecule has 0 aromatic carbocycles. The fourth-order valence-electron chi connectivity index (χ4n) is 3.94. The van der Waals surface area contributed by atoms with Gasteiger partial charge < -0.3 is 10.2 Å². The molecule has 1 aliphatic heterocycles. The van der Waals surface area contributed by atoms with Gasteiger partial charge in [-0.15, -0.1) is 0 Å². The molecule has 2 aliphatic carbocycles. The van der Waals surface area contributed by atoms with Gasteiger partial charge in [0, 0.05) is 12.1 Å². The first-order valence-electron chi connectivity index (χ1n) is 7.84. The molecule has 3 aliphatic rings. The van der Waals surface area contributed by atoms with Crippen molar-refractivity contribution in [3.63, 3.8) is 0 Å². The van der Waals surface area contributed by atoms with Crippen molar-refractivity contribution in [3.05, 3.63) is 0 Å². The van der Waals surface area contributed by atoms with Gasteiger partial charge in [-0.05, 0) is 51.2 Å². The Bertz CT molecular complexity index is 241. The third-order valence-corrected chi connectivity index (χ3v) is 5.32. The molecule has 98 valence electrons. The van der Waals surface area contributed by atoms with Crippen LogP contribution in [-0.4, -0.2) is 36.6 Å². The third kappa shape index (κ3) is 2.85. The summed E-state index contributed by atoms with van der Waals surface area (Å²) in [6.45, 7) is 5.29. The first-order valence-corrected chi connectivity index (χ1v) is 7.84. The van der Waals surface area contributed by atoms with Gasteiger partial charge in [-0.2, -0.15) is 0 Å². The van der Waals surface area contributed by atoms with Gasteiger partial charge in [-0.3, -0.25) is 0 Å². The van der Waals surface area contributed by atoms with E-state index in [-0.39, 0.29) is 0 Å². The highest BCUT2D eigenvalue weighted by Crippen LogP contribution is 2.33. The summed E-state index contributed by atoms with van der Waals surface area (Å²) in [5, 5.41) is 3.86. The Kier molecular flexibility index (Phi) is 3.72. The average molecular weight is 236 g/mol. The number of rotatable bonds is 3. The standard InChI is InChI=1S/C15H28N2/c1-2-9-15(8-1)13-17(11-4-10-16-15)12-7-14-5-3-6-14/h14,16H,1-13H2. The molecule has 0 atom stereocenters. The fourth-order valence-corrected chi connectivity index (χ4v) is 3.94. The molecule has 0 amide bonds. The van der Waals surface area contributed by atoms with E-state index in [1.165, 1.54) is 84.0 Å². The number of nitrogens with one attached hydrogen (secondary N) is 1. The molecule has 2 heteroatoms. The smallest absolute Gasteiger partial charge is 0.0308 e. The van der Waals surface area contributed by atoms with Crippen molar-refractivity contribution in [3.8, 4) is 0 Å². The fraction of sp³-hybridized carbons (Fsp3) is 1.00. The van der Waals surface area contributed by atoms with Gasteiger partial charge in [0.2, 0.25) is 0 Å². The Balaban J connectivity index is 1.51. The van der Waals surface area contributed by atoms with E-state index in [0.717, 1.165) is 5.92 Å². The summed E-state index contributed by atoms with van der Waals surface area (Å²) in [6.07, 6.45) is 13.1. The number of hydrogen-bond acceptors (Lipinski definition) is 2. The van der Waals surface area contributed by atoms with Crippen LogP contribution in [-0.2, 0) is 0 Å². The molecule has 0 aromatic heterocycles. The van der Waals surface area contributed by atoms with Crippen molar-refractivity contribution < 1.29 is 0 Å². The van der Waals surface area contributed by atoms with Crippen molar-refractivity contribution in [1.29, 1.82) is 0 Å². The van der Waals surface area contributed by atoms with Gasteiger partial charge >= 0.3 is 0 Å². The second-order valence-corrected chi connectivity index (χ2v) is 6.63. The van der Waals surface area contributed by atoms with Gasteiger partial charge in [-0.1, -0.05) is 32.1 Å². The van der Waals surface area contributed by atoms with E-state index in [1.54, 1.807) is 0 Å². The van der Waals surface area contributed by atoms with Crippen molar-refractivity contribution in [2.45, 2.75) is 63.3 Å². The minimum Gasteiger partial charge on any atom is -0.310 e. The van der Waals surface area contributed by atoms with Gasteiger partial charge in [-0.25, -0.2) is 0 Å². The normalized spacial score (nSPS) is 30.4. The lowest BCUT2D eigenvalue weighted by molar-refractivity contribution is 0.180. The van der Waals surface area contributed by atoms with E-state index in [2.05, 4.69) is 10.2 Å². The molecule has 0 radical (unpaired) electrons. The van der Waals surface area contributed by atoms with Crippen molar-refractivity contribution >= 4 is 0 Å². The van der Waals surface area contributed by atoms with E-state index in [0.29, 0.717) is 5.54 Å². The molecule has 3 rings (SSSR count). The summed E-state index contributed by atoms with van der Waals surface area (Å²) in [5.74, 6) is 1.07. The lowest BCUT2D eigenvalue weighted by Gasteiger charge is -2.35. The van der Waals surface area contributed by atoms with Crippen LogP contribution < -0.4 is 5.32 Å². The summed E-state index contributed by atoms with van der Waals surface area (Å²) in [5.41, 5.74) is 0.510. The highest BCUT2D eigenvalue weighted by Gasteiger charge is 2.36. The first kappa shape index (κ1) is 12.0. The minimum absolute atomic E-state index is 0.510. The van der Waals surface area contributed by atoms with Crippen LogP contribution in [0.5, 0.6) is 0 Å². The lowest BCUT2D eigenvalue weighted by atomic mass is 9.83. The Morgan fingerprint density at radius 3 is 2.59 bits per heavy atom. The van der Waals surface area contributed by atoms with E-state index in [4.69, 9.17) is 0 Å². The zero-order valence-corrected chi connectivity index (χ0v) is 11.2. The molecule has 2 nitrogen and oxygen atoms in total. The van der Waals surface area contributed by atoms with Gasteiger partial charge in [0.05, 0.1) is 0 Å².